The molecule has 1 N–H and O–H groups in total. The first-order valence-electron chi connectivity index (χ1n) is 7.86. The van der Waals surface area contributed by atoms with Crippen molar-refractivity contribution in [3.05, 3.63) is 94.7 Å². The van der Waals surface area contributed by atoms with Crippen molar-refractivity contribution in [2.45, 2.75) is 13.5 Å². The molecular formula is C20H17FN2O2. The summed E-state index contributed by atoms with van der Waals surface area (Å²) in [6.07, 6.45) is 1.39. The monoisotopic (exact) mass is 336 g/mol. The molecule has 4 nitrogen and oxygen atoms in total. The van der Waals surface area contributed by atoms with E-state index >= 15 is 0 Å². The van der Waals surface area contributed by atoms with Gasteiger partial charge >= 0.3 is 0 Å². The van der Waals surface area contributed by atoms with Crippen LogP contribution in [0.25, 0.3) is 11.1 Å². The van der Waals surface area contributed by atoms with E-state index in [0.29, 0.717) is 16.8 Å². The van der Waals surface area contributed by atoms with Gasteiger partial charge in [-0.05, 0) is 53.9 Å². The molecule has 2 aromatic carbocycles. The smallest absolute Gasteiger partial charge is 0.251 e. The summed E-state index contributed by atoms with van der Waals surface area (Å²) in [4.78, 5) is 12.4. The number of amides is 1. The number of halogens is 1. The first kappa shape index (κ1) is 16.6. The molecule has 0 unspecified atom stereocenters. The SMILES string of the molecule is Cc1cc(-c2cccc(C(=O)NCc3cccc[n+]3[O-])c2)ccc1F. The molecule has 0 aliphatic carbocycles. The Balaban J connectivity index is 1.77. The summed E-state index contributed by atoms with van der Waals surface area (Å²) in [6, 6.07) is 17.0. The molecule has 1 aromatic heterocycles. The fourth-order valence-corrected chi connectivity index (χ4v) is 2.54. The van der Waals surface area contributed by atoms with Gasteiger partial charge in [-0.15, -0.1) is 0 Å². The van der Waals surface area contributed by atoms with Gasteiger partial charge in [0.05, 0.1) is 0 Å². The van der Waals surface area contributed by atoms with Gasteiger partial charge < -0.3 is 10.5 Å². The van der Waals surface area contributed by atoms with Crippen molar-refractivity contribution in [3.63, 3.8) is 0 Å². The number of nitrogens with zero attached hydrogens (tertiary/aromatic N) is 1. The van der Waals surface area contributed by atoms with Crippen LogP contribution in [0.2, 0.25) is 0 Å². The summed E-state index contributed by atoms with van der Waals surface area (Å²) in [5, 5.41) is 14.3. The molecule has 5 heteroatoms. The van der Waals surface area contributed by atoms with Gasteiger partial charge in [0.2, 0.25) is 5.69 Å². The van der Waals surface area contributed by atoms with Gasteiger partial charge in [0.15, 0.2) is 6.20 Å². The van der Waals surface area contributed by atoms with Crippen LogP contribution in [0.5, 0.6) is 0 Å². The topological polar surface area (TPSA) is 56.0 Å². The third-order valence-corrected chi connectivity index (χ3v) is 3.95. The summed E-state index contributed by atoms with van der Waals surface area (Å²) >= 11 is 0. The van der Waals surface area contributed by atoms with Crippen LogP contribution in [0.1, 0.15) is 21.6 Å². The number of carbonyl (C=O) groups excluding carboxylic acids is 1. The molecule has 1 heterocycles. The van der Waals surface area contributed by atoms with Crippen LogP contribution in [0, 0.1) is 17.9 Å². The number of pyridine rings is 1. The second kappa shape index (κ2) is 7.13. The van der Waals surface area contributed by atoms with Gasteiger partial charge in [-0.2, -0.15) is 4.73 Å². The Morgan fingerprint density at radius 3 is 2.64 bits per heavy atom. The zero-order valence-electron chi connectivity index (χ0n) is 13.7. The zero-order chi connectivity index (χ0) is 17.8. The first-order chi connectivity index (χ1) is 12.0. The number of carbonyl (C=O) groups is 1. The molecule has 0 bridgehead atoms. The average Bonchev–Trinajstić information content (AvgIpc) is 2.63. The number of benzene rings is 2. The van der Waals surface area contributed by atoms with Crippen molar-refractivity contribution < 1.29 is 13.9 Å². The van der Waals surface area contributed by atoms with Gasteiger partial charge in [-0.1, -0.05) is 18.2 Å². The molecule has 0 saturated heterocycles. The van der Waals surface area contributed by atoms with Crippen LogP contribution in [-0.2, 0) is 6.54 Å². The number of rotatable bonds is 4. The van der Waals surface area contributed by atoms with Crippen molar-refractivity contribution in [2.24, 2.45) is 0 Å². The zero-order valence-corrected chi connectivity index (χ0v) is 13.7. The number of nitrogens with one attached hydrogen (secondary N) is 1. The minimum absolute atomic E-state index is 0.142. The molecule has 126 valence electrons. The van der Waals surface area contributed by atoms with Gasteiger partial charge in [0.1, 0.15) is 12.4 Å². The van der Waals surface area contributed by atoms with E-state index in [4.69, 9.17) is 0 Å². The van der Waals surface area contributed by atoms with Crippen molar-refractivity contribution >= 4 is 5.91 Å². The van der Waals surface area contributed by atoms with Crippen LogP contribution < -0.4 is 10.0 Å². The summed E-state index contributed by atoms with van der Waals surface area (Å²) < 4.78 is 14.1. The predicted molar refractivity (Wildman–Crippen MR) is 93.1 cm³/mol. The van der Waals surface area contributed by atoms with E-state index in [1.165, 1.54) is 12.3 Å². The second-order valence-corrected chi connectivity index (χ2v) is 5.75. The van der Waals surface area contributed by atoms with Crippen LogP contribution >= 0.6 is 0 Å². The lowest BCUT2D eigenvalue weighted by Crippen LogP contribution is -2.35. The van der Waals surface area contributed by atoms with E-state index in [0.717, 1.165) is 15.9 Å². The van der Waals surface area contributed by atoms with Crippen LogP contribution in [0.3, 0.4) is 0 Å². The Kier molecular flexibility index (Phi) is 4.75. The Morgan fingerprint density at radius 2 is 1.88 bits per heavy atom. The van der Waals surface area contributed by atoms with Crippen molar-refractivity contribution in [2.75, 3.05) is 0 Å². The standard InChI is InChI=1S/C20H17FN2O2/c1-14-11-16(8-9-19(14)21)15-5-4-6-17(12-15)20(24)22-13-18-7-2-3-10-23(18)25/h2-12H,13H2,1H3,(H,22,24). The predicted octanol–water partition coefficient (Wildman–Crippen LogP) is 3.36. The number of hydrogen-bond donors (Lipinski definition) is 1. The minimum atomic E-state index is -0.274. The Hall–Kier alpha value is -3.21. The molecule has 3 rings (SSSR count). The summed E-state index contributed by atoms with van der Waals surface area (Å²) in [5.41, 5.74) is 3.16. The molecule has 1 amide bonds. The fourth-order valence-electron chi connectivity index (χ4n) is 2.54. The largest absolute Gasteiger partial charge is 0.618 e. The maximum atomic E-state index is 13.4. The highest BCUT2D eigenvalue weighted by Gasteiger charge is 2.10. The van der Waals surface area contributed by atoms with E-state index in [2.05, 4.69) is 5.32 Å². The van der Waals surface area contributed by atoms with E-state index in [1.807, 2.05) is 6.07 Å². The van der Waals surface area contributed by atoms with Gasteiger partial charge in [0.25, 0.3) is 5.91 Å². The Bertz CT molecular complexity index is 925. The van der Waals surface area contributed by atoms with Gasteiger partial charge in [-0.3, -0.25) is 4.79 Å². The highest BCUT2D eigenvalue weighted by atomic mass is 19.1. The molecule has 0 aliphatic heterocycles. The lowest BCUT2D eigenvalue weighted by molar-refractivity contribution is -0.614. The average molecular weight is 336 g/mol. The van der Waals surface area contributed by atoms with Gasteiger partial charge in [0, 0.05) is 17.7 Å². The van der Waals surface area contributed by atoms with E-state index in [1.54, 1.807) is 55.5 Å². The maximum Gasteiger partial charge on any atom is 0.251 e. The normalized spacial score (nSPS) is 10.5. The van der Waals surface area contributed by atoms with Crippen molar-refractivity contribution in [1.82, 2.24) is 5.32 Å². The fraction of sp³-hybridized carbons (Fsp3) is 0.100. The lowest BCUT2D eigenvalue weighted by Gasteiger charge is -2.08. The molecule has 0 radical (unpaired) electrons. The molecule has 0 saturated carbocycles. The van der Waals surface area contributed by atoms with Crippen LogP contribution in [0.4, 0.5) is 4.39 Å². The minimum Gasteiger partial charge on any atom is -0.618 e. The van der Waals surface area contributed by atoms with Crippen molar-refractivity contribution in [1.29, 1.82) is 0 Å². The first-order valence-corrected chi connectivity index (χ1v) is 7.86. The maximum absolute atomic E-state index is 13.4. The third-order valence-electron chi connectivity index (χ3n) is 3.95. The summed E-state index contributed by atoms with van der Waals surface area (Å²) in [5.74, 6) is -0.532. The summed E-state index contributed by atoms with van der Waals surface area (Å²) in [7, 11) is 0. The number of aryl methyl sites for hydroxylation is 1. The highest BCUT2D eigenvalue weighted by Crippen LogP contribution is 2.22. The summed E-state index contributed by atoms with van der Waals surface area (Å²) in [6.45, 7) is 1.84. The van der Waals surface area contributed by atoms with E-state index in [-0.39, 0.29) is 18.3 Å². The van der Waals surface area contributed by atoms with Crippen LogP contribution in [-0.4, -0.2) is 5.91 Å². The molecule has 0 fully saturated rings. The number of aromatic nitrogens is 1. The quantitative estimate of drug-likeness (QED) is 0.587. The molecule has 3 aromatic rings. The molecule has 0 spiro atoms. The number of hydrogen-bond acceptors (Lipinski definition) is 2. The Morgan fingerprint density at radius 1 is 1.08 bits per heavy atom. The molecule has 25 heavy (non-hydrogen) atoms. The second-order valence-electron chi connectivity index (χ2n) is 5.75. The highest BCUT2D eigenvalue weighted by molar-refractivity contribution is 5.95. The van der Waals surface area contributed by atoms with E-state index < -0.39 is 0 Å². The molecular weight excluding hydrogens is 319 g/mol. The molecule has 0 aliphatic rings. The van der Waals surface area contributed by atoms with Crippen molar-refractivity contribution in [3.8, 4) is 11.1 Å². The lowest BCUT2D eigenvalue weighted by atomic mass is 10.0. The van der Waals surface area contributed by atoms with Crippen LogP contribution in [0.15, 0.2) is 66.9 Å². The van der Waals surface area contributed by atoms with Gasteiger partial charge in [-0.25, -0.2) is 4.39 Å². The van der Waals surface area contributed by atoms with E-state index in [9.17, 15) is 14.4 Å². The molecule has 0 atom stereocenters. The third kappa shape index (κ3) is 3.83. The Labute approximate surface area is 145 Å².